The van der Waals surface area contributed by atoms with E-state index in [1.807, 2.05) is 56.3 Å². The Kier molecular flexibility index (Phi) is 7.33. The highest BCUT2D eigenvalue weighted by atomic mass is 32.2. The number of thioether (sulfide) groups is 1. The quantitative estimate of drug-likeness (QED) is 0.309. The molecule has 0 saturated carbocycles. The van der Waals surface area contributed by atoms with Crippen LogP contribution in [0.3, 0.4) is 0 Å². The Morgan fingerprint density at radius 3 is 2.47 bits per heavy atom. The van der Waals surface area contributed by atoms with Crippen LogP contribution >= 0.6 is 11.8 Å². The van der Waals surface area contributed by atoms with Gasteiger partial charge >= 0.3 is 5.97 Å². The van der Waals surface area contributed by atoms with Gasteiger partial charge in [0.1, 0.15) is 18.9 Å². The number of imide groups is 1. The monoisotopic (exact) mass is 475 g/mol. The number of benzene rings is 3. The predicted molar refractivity (Wildman–Crippen MR) is 133 cm³/mol. The first-order chi connectivity index (χ1) is 16.4. The summed E-state index contributed by atoms with van der Waals surface area (Å²) in [6.45, 7) is 4.14. The van der Waals surface area contributed by atoms with Crippen molar-refractivity contribution >= 4 is 45.7 Å². The van der Waals surface area contributed by atoms with Gasteiger partial charge in [0.05, 0.1) is 11.5 Å². The maximum Gasteiger partial charge on any atom is 0.326 e. The Balaban J connectivity index is 1.35. The molecule has 34 heavy (non-hydrogen) atoms. The zero-order valence-corrected chi connectivity index (χ0v) is 19.8. The molecule has 1 aliphatic heterocycles. The highest BCUT2D eigenvalue weighted by molar-refractivity contribution is 8.18. The van der Waals surface area contributed by atoms with Crippen molar-refractivity contribution in [2.45, 2.75) is 20.5 Å². The summed E-state index contributed by atoms with van der Waals surface area (Å²) in [5.41, 5.74) is 1.83. The number of esters is 1. The summed E-state index contributed by atoms with van der Waals surface area (Å²) in [6.07, 6.45) is 1.64. The molecule has 1 aliphatic rings. The second kappa shape index (κ2) is 10.6. The summed E-state index contributed by atoms with van der Waals surface area (Å²) in [5, 5.41) is 1.88. The summed E-state index contributed by atoms with van der Waals surface area (Å²) in [6, 6.07) is 21.7. The van der Waals surface area contributed by atoms with Gasteiger partial charge in [0, 0.05) is 0 Å². The SMILES string of the molecule is CC(C)COC(=O)CN1C(=O)S/C(=C\c2ccc(OCc3ccc4ccccc4c3)cc2)C1=O. The van der Waals surface area contributed by atoms with E-state index >= 15 is 0 Å². The van der Waals surface area contributed by atoms with E-state index in [1.54, 1.807) is 6.08 Å². The topological polar surface area (TPSA) is 72.9 Å². The Hall–Kier alpha value is -3.58. The minimum absolute atomic E-state index is 0.179. The second-order valence-electron chi connectivity index (χ2n) is 8.38. The summed E-state index contributed by atoms with van der Waals surface area (Å²) in [4.78, 5) is 37.9. The third kappa shape index (κ3) is 5.85. The number of hydrogen-bond acceptors (Lipinski definition) is 6. The van der Waals surface area contributed by atoms with Crippen molar-refractivity contribution in [3.05, 3.63) is 82.8 Å². The average Bonchev–Trinajstić information content (AvgIpc) is 3.09. The molecule has 0 aliphatic carbocycles. The molecule has 0 aromatic heterocycles. The van der Waals surface area contributed by atoms with Crippen LogP contribution in [0.2, 0.25) is 0 Å². The van der Waals surface area contributed by atoms with Gasteiger partial charge in [0.2, 0.25) is 0 Å². The van der Waals surface area contributed by atoms with E-state index in [2.05, 4.69) is 24.3 Å². The van der Waals surface area contributed by atoms with E-state index in [0.29, 0.717) is 12.4 Å². The van der Waals surface area contributed by atoms with Crippen molar-refractivity contribution in [2.75, 3.05) is 13.2 Å². The van der Waals surface area contributed by atoms with Crippen molar-refractivity contribution in [3.63, 3.8) is 0 Å². The van der Waals surface area contributed by atoms with Crippen LogP contribution in [-0.2, 0) is 20.9 Å². The summed E-state index contributed by atoms with van der Waals surface area (Å²) in [7, 11) is 0. The van der Waals surface area contributed by atoms with E-state index in [9.17, 15) is 14.4 Å². The molecule has 3 aromatic rings. The fourth-order valence-corrected chi connectivity index (χ4v) is 4.22. The number of amides is 2. The summed E-state index contributed by atoms with van der Waals surface area (Å²) >= 11 is 0.815. The van der Waals surface area contributed by atoms with Gasteiger partial charge in [-0.25, -0.2) is 0 Å². The van der Waals surface area contributed by atoms with E-state index in [1.165, 1.54) is 10.8 Å². The molecule has 4 rings (SSSR count). The Bertz CT molecular complexity index is 1250. The molecule has 1 fully saturated rings. The fraction of sp³-hybridized carbons (Fsp3) is 0.222. The van der Waals surface area contributed by atoms with Crippen LogP contribution in [0.5, 0.6) is 5.75 Å². The minimum Gasteiger partial charge on any atom is -0.489 e. The zero-order chi connectivity index (χ0) is 24.1. The van der Waals surface area contributed by atoms with Crippen LogP contribution < -0.4 is 4.74 Å². The third-order valence-corrected chi connectivity index (χ3v) is 6.04. The predicted octanol–water partition coefficient (Wildman–Crippen LogP) is 5.65. The average molecular weight is 476 g/mol. The first kappa shape index (κ1) is 23.6. The molecular weight excluding hydrogens is 450 g/mol. The first-order valence-electron chi connectivity index (χ1n) is 11.0. The van der Waals surface area contributed by atoms with Crippen LogP contribution in [0.4, 0.5) is 4.79 Å². The smallest absolute Gasteiger partial charge is 0.326 e. The molecule has 6 nitrogen and oxygen atoms in total. The summed E-state index contributed by atoms with van der Waals surface area (Å²) in [5.74, 6) is -0.206. The largest absolute Gasteiger partial charge is 0.489 e. The van der Waals surface area contributed by atoms with Crippen LogP contribution in [0.25, 0.3) is 16.8 Å². The number of ether oxygens (including phenoxy) is 2. The molecule has 2 amide bonds. The van der Waals surface area contributed by atoms with Gasteiger partial charge < -0.3 is 9.47 Å². The minimum atomic E-state index is -0.592. The molecular formula is C27H25NO5S. The Morgan fingerprint density at radius 1 is 1.00 bits per heavy atom. The van der Waals surface area contributed by atoms with Gasteiger partial charge in [-0.3, -0.25) is 19.3 Å². The van der Waals surface area contributed by atoms with Crippen LogP contribution in [0.15, 0.2) is 71.6 Å². The summed E-state index contributed by atoms with van der Waals surface area (Å²) < 4.78 is 11.0. The van der Waals surface area contributed by atoms with Crippen molar-refractivity contribution in [3.8, 4) is 5.75 Å². The van der Waals surface area contributed by atoms with Crippen molar-refractivity contribution < 1.29 is 23.9 Å². The second-order valence-corrected chi connectivity index (χ2v) is 9.38. The molecule has 7 heteroatoms. The number of hydrogen-bond donors (Lipinski definition) is 0. The normalized spacial score (nSPS) is 14.9. The van der Waals surface area contributed by atoms with Gasteiger partial charge in [-0.15, -0.1) is 0 Å². The number of carbonyl (C=O) groups is 3. The molecule has 174 valence electrons. The molecule has 1 saturated heterocycles. The lowest BCUT2D eigenvalue weighted by Crippen LogP contribution is -2.34. The molecule has 3 aromatic carbocycles. The molecule has 1 heterocycles. The van der Waals surface area contributed by atoms with Crippen molar-refractivity contribution in [2.24, 2.45) is 5.92 Å². The number of carbonyl (C=O) groups excluding carboxylic acids is 3. The lowest BCUT2D eigenvalue weighted by molar-refractivity contribution is -0.147. The van der Waals surface area contributed by atoms with Crippen LogP contribution in [0, 0.1) is 5.92 Å². The van der Waals surface area contributed by atoms with Gasteiger partial charge in [0.15, 0.2) is 0 Å². The number of nitrogens with zero attached hydrogens (tertiary/aromatic N) is 1. The van der Waals surface area contributed by atoms with E-state index in [4.69, 9.17) is 9.47 Å². The van der Waals surface area contributed by atoms with Gasteiger partial charge in [-0.2, -0.15) is 0 Å². The molecule has 0 N–H and O–H groups in total. The Labute approximate surface area is 202 Å². The molecule has 0 spiro atoms. The van der Waals surface area contributed by atoms with Gasteiger partial charge in [0.25, 0.3) is 11.1 Å². The fourth-order valence-electron chi connectivity index (χ4n) is 3.38. The van der Waals surface area contributed by atoms with Crippen LogP contribution in [0.1, 0.15) is 25.0 Å². The van der Waals surface area contributed by atoms with Crippen molar-refractivity contribution in [1.82, 2.24) is 4.90 Å². The molecule has 0 unspecified atom stereocenters. The van der Waals surface area contributed by atoms with E-state index in [0.717, 1.165) is 27.8 Å². The maximum atomic E-state index is 12.6. The zero-order valence-electron chi connectivity index (χ0n) is 19.0. The standard InChI is InChI=1S/C27H25NO5S/c1-18(2)16-33-25(29)15-28-26(30)24(34-27(28)31)14-19-8-11-23(12-9-19)32-17-20-7-10-21-5-3-4-6-22(21)13-20/h3-14,18H,15-17H2,1-2H3/b24-14-. The van der Waals surface area contributed by atoms with Gasteiger partial charge in [-0.05, 0) is 63.9 Å². The molecule has 0 bridgehead atoms. The molecule has 0 radical (unpaired) electrons. The number of fused-ring (bicyclic) bond motifs is 1. The Morgan fingerprint density at radius 2 is 1.74 bits per heavy atom. The van der Waals surface area contributed by atoms with Crippen LogP contribution in [-0.4, -0.2) is 35.2 Å². The lowest BCUT2D eigenvalue weighted by Gasteiger charge is -2.12. The lowest BCUT2D eigenvalue weighted by atomic mass is 10.1. The van der Waals surface area contributed by atoms with Crippen molar-refractivity contribution in [1.29, 1.82) is 0 Å². The first-order valence-corrected chi connectivity index (χ1v) is 11.8. The van der Waals surface area contributed by atoms with Gasteiger partial charge in [-0.1, -0.05) is 62.4 Å². The molecule has 0 atom stereocenters. The maximum absolute atomic E-state index is 12.6. The van der Waals surface area contributed by atoms with E-state index in [-0.39, 0.29) is 24.0 Å². The highest BCUT2D eigenvalue weighted by Gasteiger charge is 2.36. The number of rotatable bonds is 8. The van der Waals surface area contributed by atoms with E-state index < -0.39 is 17.1 Å². The highest BCUT2D eigenvalue weighted by Crippen LogP contribution is 2.32. The third-order valence-electron chi connectivity index (χ3n) is 5.14.